The Morgan fingerprint density at radius 3 is 2.37 bits per heavy atom. The second-order valence-corrected chi connectivity index (χ2v) is 4.51. The molecule has 0 fully saturated rings. The Labute approximate surface area is 114 Å². The van der Waals surface area contributed by atoms with Crippen molar-refractivity contribution in [3.63, 3.8) is 0 Å². The molecule has 0 aliphatic heterocycles. The van der Waals surface area contributed by atoms with Crippen LogP contribution in [0, 0.1) is 18.6 Å². The molecule has 0 aliphatic rings. The van der Waals surface area contributed by atoms with Crippen LogP contribution in [-0.2, 0) is 0 Å². The van der Waals surface area contributed by atoms with Crippen molar-refractivity contribution in [1.29, 1.82) is 0 Å². The molecule has 0 bridgehead atoms. The maximum absolute atomic E-state index is 13.0. The molecule has 98 valence electrons. The average molecular weight is 282 g/mol. The van der Waals surface area contributed by atoms with Crippen LogP contribution in [0.2, 0.25) is 5.02 Å². The molecule has 1 amide bonds. The molecule has 5 heteroatoms. The number of carbonyl (C=O) groups excluding carboxylic acids is 1. The number of aryl methyl sites for hydroxylation is 1. The molecule has 0 unspecified atom stereocenters. The molecule has 0 aliphatic carbocycles. The van der Waals surface area contributed by atoms with Crippen molar-refractivity contribution in [2.45, 2.75) is 6.92 Å². The van der Waals surface area contributed by atoms with Gasteiger partial charge < -0.3 is 5.32 Å². The van der Waals surface area contributed by atoms with Crippen molar-refractivity contribution >= 4 is 23.2 Å². The molecule has 2 aromatic carbocycles. The third kappa shape index (κ3) is 3.29. The van der Waals surface area contributed by atoms with Gasteiger partial charge in [0.05, 0.1) is 0 Å². The topological polar surface area (TPSA) is 29.1 Å². The molecule has 0 saturated carbocycles. The van der Waals surface area contributed by atoms with Gasteiger partial charge >= 0.3 is 0 Å². The monoisotopic (exact) mass is 281 g/mol. The van der Waals surface area contributed by atoms with Gasteiger partial charge in [-0.3, -0.25) is 4.79 Å². The fraction of sp³-hybridized carbons (Fsp3) is 0.0714. The average Bonchev–Trinajstić information content (AvgIpc) is 2.32. The Morgan fingerprint density at radius 1 is 1.11 bits per heavy atom. The lowest BCUT2D eigenvalue weighted by atomic mass is 10.1. The number of hydrogen-bond acceptors (Lipinski definition) is 1. The van der Waals surface area contributed by atoms with Crippen molar-refractivity contribution in [3.8, 4) is 0 Å². The van der Waals surface area contributed by atoms with Gasteiger partial charge in [-0.25, -0.2) is 8.78 Å². The quantitative estimate of drug-likeness (QED) is 0.879. The van der Waals surface area contributed by atoms with Crippen LogP contribution in [0.25, 0.3) is 0 Å². The van der Waals surface area contributed by atoms with Gasteiger partial charge in [-0.2, -0.15) is 0 Å². The highest BCUT2D eigenvalue weighted by Crippen LogP contribution is 2.21. The van der Waals surface area contributed by atoms with Crippen molar-refractivity contribution < 1.29 is 13.6 Å². The first kappa shape index (κ1) is 13.5. The first-order valence-electron chi connectivity index (χ1n) is 5.49. The summed E-state index contributed by atoms with van der Waals surface area (Å²) in [5.41, 5.74) is 1.22. The predicted molar refractivity (Wildman–Crippen MR) is 70.5 cm³/mol. The van der Waals surface area contributed by atoms with Gasteiger partial charge in [0.15, 0.2) is 0 Å². The van der Waals surface area contributed by atoms with Crippen LogP contribution in [0.4, 0.5) is 14.5 Å². The molecule has 0 aromatic heterocycles. The van der Waals surface area contributed by atoms with E-state index in [1.165, 1.54) is 0 Å². The van der Waals surface area contributed by atoms with E-state index in [9.17, 15) is 13.6 Å². The molecule has 0 atom stereocenters. The van der Waals surface area contributed by atoms with Crippen LogP contribution in [-0.4, -0.2) is 5.91 Å². The highest BCUT2D eigenvalue weighted by molar-refractivity contribution is 6.31. The number of amides is 1. The van der Waals surface area contributed by atoms with E-state index >= 15 is 0 Å². The third-order valence-corrected chi connectivity index (χ3v) is 2.81. The molecule has 0 radical (unpaired) electrons. The van der Waals surface area contributed by atoms with Crippen LogP contribution in [0.15, 0.2) is 36.4 Å². The van der Waals surface area contributed by atoms with E-state index in [4.69, 9.17) is 11.6 Å². The van der Waals surface area contributed by atoms with E-state index in [2.05, 4.69) is 5.32 Å². The van der Waals surface area contributed by atoms with E-state index < -0.39 is 17.5 Å². The second kappa shape index (κ2) is 5.36. The normalized spacial score (nSPS) is 10.3. The lowest BCUT2D eigenvalue weighted by molar-refractivity contribution is 0.102. The molecule has 0 spiro atoms. The Balaban J connectivity index is 2.28. The van der Waals surface area contributed by atoms with Crippen molar-refractivity contribution in [2.24, 2.45) is 0 Å². The van der Waals surface area contributed by atoms with Gasteiger partial charge in [0, 0.05) is 22.3 Å². The van der Waals surface area contributed by atoms with E-state index in [0.29, 0.717) is 16.8 Å². The van der Waals surface area contributed by atoms with E-state index in [1.807, 2.05) is 0 Å². The number of nitrogens with one attached hydrogen (secondary N) is 1. The molecule has 2 aromatic rings. The summed E-state index contributed by atoms with van der Waals surface area (Å²) in [6.45, 7) is 1.79. The molecule has 2 nitrogen and oxygen atoms in total. The van der Waals surface area contributed by atoms with Gasteiger partial charge in [-0.15, -0.1) is 0 Å². The molecule has 0 heterocycles. The zero-order chi connectivity index (χ0) is 14.0. The summed E-state index contributed by atoms with van der Waals surface area (Å²) < 4.78 is 26.1. The van der Waals surface area contributed by atoms with Gasteiger partial charge in [-0.05, 0) is 36.8 Å². The summed E-state index contributed by atoms with van der Waals surface area (Å²) in [7, 11) is 0. The molecule has 19 heavy (non-hydrogen) atoms. The zero-order valence-electron chi connectivity index (χ0n) is 10.0. The van der Waals surface area contributed by atoms with Gasteiger partial charge in [0.25, 0.3) is 5.91 Å². The Kier molecular flexibility index (Phi) is 3.81. The summed E-state index contributed by atoms with van der Waals surface area (Å²) in [6.07, 6.45) is 0. The molecular formula is C14H10ClF2NO. The van der Waals surface area contributed by atoms with Crippen LogP contribution in [0.1, 0.15) is 15.9 Å². The Morgan fingerprint density at radius 2 is 1.74 bits per heavy atom. The fourth-order valence-electron chi connectivity index (χ4n) is 1.61. The highest BCUT2D eigenvalue weighted by atomic mass is 35.5. The van der Waals surface area contributed by atoms with Crippen LogP contribution < -0.4 is 5.32 Å². The number of anilines is 1. The van der Waals surface area contributed by atoms with E-state index in [1.54, 1.807) is 25.1 Å². The minimum absolute atomic E-state index is 0.0862. The van der Waals surface area contributed by atoms with Crippen molar-refractivity contribution in [2.75, 3.05) is 5.32 Å². The Hall–Kier alpha value is -1.94. The van der Waals surface area contributed by atoms with E-state index in [-0.39, 0.29) is 5.56 Å². The smallest absolute Gasteiger partial charge is 0.255 e. The van der Waals surface area contributed by atoms with Gasteiger partial charge in [-0.1, -0.05) is 17.7 Å². The summed E-state index contributed by atoms with van der Waals surface area (Å²) in [4.78, 5) is 11.9. The minimum atomic E-state index is -0.798. The number of benzene rings is 2. The van der Waals surface area contributed by atoms with Crippen LogP contribution >= 0.6 is 11.6 Å². The number of hydrogen-bond donors (Lipinski definition) is 1. The van der Waals surface area contributed by atoms with Crippen LogP contribution in [0.5, 0.6) is 0 Å². The lowest BCUT2D eigenvalue weighted by Crippen LogP contribution is -2.13. The maximum Gasteiger partial charge on any atom is 0.255 e. The highest BCUT2D eigenvalue weighted by Gasteiger charge is 2.11. The summed E-state index contributed by atoms with van der Waals surface area (Å²) in [6, 6.07) is 7.65. The maximum atomic E-state index is 13.0. The van der Waals surface area contributed by atoms with Crippen LogP contribution in [0.3, 0.4) is 0 Å². The first-order chi connectivity index (χ1) is 8.95. The van der Waals surface area contributed by atoms with Crippen molar-refractivity contribution in [3.05, 3.63) is 64.2 Å². The molecule has 2 rings (SSSR count). The molecule has 0 saturated heterocycles. The number of rotatable bonds is 2. The SMILES string of the molecule is Cc1ccc(Cl)cc1NC(=O)c1cc(F)cc(F)c1. The second-order valence-electron chi connectivity index (χ2n) is 4.07. The Bertz CT molecular complexity index is 623. The molecular weight excluding hydrogens is 272 g/mol. The van der Waals surface area contributed by atoms with Gasteiger partial charge in [0.1, 0.15) is 11.6 Å². The van der Waals surface area contributed by atoms with E-state index in [0.717, 1.165) is 17.7 Å². The predicted octanol–water partition coefficient (Wildman–Crippen LogP) is 4.18. The summed E-state index contributed by atoms with van der Waals surface area (Å²) in [5.74, 6) is -2.19. The number of carbonyl (C=O) groups is 1. The zero-order valence-corrected chi connectivity index (χ0v) is 10.8. The number of halogens is 3. The lowest BCUT2D eigenvalue weighted by Gasteiger charge is -2.09. The molecule has 1 N–H and O–H groups in total. The first-order valence-corrected chi connectivity index (χ1v) is 5.87. The minimum Gasteiger partial charge on any atom is -0.322 e. The largest absolute Gasteiger partial charge is 0.322 e. The standard InChI is InChI=1S/C14H10ClF2NO/c1-8-2-3-10(15)6-13(8)18-14(19)9-4-11(16)7-12(17)5-9/h2-7H,1H3,(H,18,19). The summed E-state index contributed by atoms with van der Waals surface area (Å²) >= 11 is 5.83. The fourth-order valence-corrected chi connectivity index (χ4v) is 1.78. The van der Waals surface area contributed by atoms with Crippen molar-refractivity contribution in [1.82, 2.24) is 0 Å². The summed E-state index contributed by atoms with van der Waals surface area (Å²) in [5, 5.41) is 3.03. The van der Waals surface area contributed by atoms with Gasteiger partial charge in [0.2, 0.25) is 0 Å². The third-order valence-electron chi connectivity index (χ3n) is 2.57.